The van der Waals surface area contributed by atoms with Crippen molar-refractivity contribution in [2.24, 2.45) is 5.14 Å². The van der Waals surface area contributed by atoms with E-state index in [2.05, 4.69) is 10.5 Å². The van der Waals surface area contributed by atoms with E-state index in [1.807, 2.05) is 0 Å². The number of carbonyl (C=O) groups excluding carboxylic acids is 3. The number of nitrogen functional groups attached to an aromatic ring is 1. The van der Waals surface area contributed by atoms with Gasteiger partial charge in [-0.15, -0.1) is 0 Å². The number of aromatic nitrogens is 2. The second-order valence-electron chi connectivity index (χ2n) is 5.14. The van der Waals surface area contributed by atoms with Gasteiger partial charge in [0.15, 0.2) is 0 Å². The number of imide groups is 1. The topological polar surface area (TPSA) is 170 Å². The minimum absolute atomic E-state index is 0.0812. The van der Waals surface area contributed by atoms with Crippen molar-refractivity contribution in [3.63, 3.8) is 0 Å². The van der Waals surface area contributed by atoms with Gasteiger partial charge in [0.05, 0.1) is 16.8 Å². The molecule has 2 heterocycles. The molecule has 0 saturated carbocycles. The Hall–Kier alpha value is -3.25. The van der Waals surface area contributed by atoms with Gasteiger partial charge in [0.25, 0.3) is 11.8 Å². The molecular weight excluding hydrogens is 352 g/mol. The van der Waals surface area contributed by atoms with Gasteiger partial charge in [-0.05, 0) is 24.3 Å². The van der Waals surface area contributed by atoms with Gasteiger partial charge in [0.2, 0.25) is 15.9 Å². The highest BCUT2D eigenvalue weighted by atomic mass is 32.2. The summed E-state index contributed by atoms with van der Waals surface area (Å²) >= 11 is 0. The number of hydrogen-bond donors (Lipinski definition) is 3. The lowest BCUT2D eigenvalue weighted by Gasteiger charge is -2.12. The van der Waals surface area contributed by atoms with Gasteiger partial charge in [0.1, 0.15) is 17.8 Å². The van der Waals surface area contributed by atoms with Crippen molar-refractivity contribution in [1.29, 1.82) is 0 Å². The summed E-state index contributed by atoms with van der Waals surface area (Å²) in [6, 6.07) is 5.33. The molecule has 3 amide bonds. The zero-order valence-electron chi connectivity index (χ0n) is 12.5. The largest absolute Gasteiger partial charge is 0.383 e. The molecule has 1 aromatic carbocycles. The number of hydrazine groups is 1. The standard InChI is InChI=1S/C13H12N6O5S/c14-12-9(13(22)19-11(21)5-10(20)17-19)6-16-18(12)7-1-3-8(4-2-7)25(15,23)24/h1-4,6H,5,14H2,(H,17,20)(H2,15,23,24). The number of nitrogens with zero attached hydrogens (tertiary/aromatic N) is 3. The SMILES string of the molecule is Nc1c(C(=O)N2NC(=O)CC2=O)cnn1-c1ccc(S(N)(=O)=O)cc1. The van der Waals surface area contributed by atoms with Crippen LogP contribution in [0.4, 0.5) is 5.82 Å². The summed E-state index contributed by atoms with van der Waals surface area (Å²) in [4.78, 5) is 35.0. The molecule has 0 aliphatic carbocycles. The molecule has 2 aromatic rings. The summed E-state index contributed by atoms with van der Waals surface area (Å²) in [6.07, 6.45) is 0.720. The highest BCUT2D eigenvalue weighted by Gasteiger charge is 2.34. The first kappa shape index (κ1) is 16.6. The highest BCUT2D eigenvalue weighted by molar-refractivity contribution is 7.89. The third-order valence-corrected chi connectivity index (χ3v) is 4.38. The molecule has 130 valence electrons. The fraction of sp³-hybridized carbons (Fsp3) is 0.0769. The summed E-state index contributed by atoms with van der Waals surface area (Å²) in [5.41, 5.74) is 8.30. The maximum Gasteiger partial charge on any atom is 0.284 e. The van der Waals surface area contributed by atoms with Gasteiger partial charge >= 0.3 is 0 Å². The van der Waals surface area contributed by atoms with Crippen LogP contribution < -0.4 is 16.3 Å². The molecule has 25 heavy (non-hydrogen) atoms. The van der Waals surface area contributed by atoms with Crippen molar-refractivity contribution in [2.45, 2.75) is 11.3 Å². The van der Waals surface area contributed by atoms with Gasteiger partial charge in [-0.1, -0.05) is 0 Å². The van der Waals surface area contributed by atoms with E-state index in [9.17, 15) is 22.8 Å². The average molecular weight is 364 g/mol. The molecule has 12 heteroatoms. The number of primary sulfonamides is 1. The third-order valence-electron chi connectivity index (χ3n) is 3.45. The van der Waals surface area contributed by atoms with Crippen LogP contribution in [0.5, 0.6) is 0 Å². The van der Waals surface area contributed by atoms with Crippen LogP contribution in [0.15, 0.2) is 35.4 Å². The Morgan fingerprint density at radius 2 is 1.84 bits per heavy atom. The highest BCUT2D eigenvalue weighted by Crippen LogP contribution is 2.20. The van der Waals surface area contributed by atoms with Crippen LogP contribution in [-0.4, -0.2) is 40.9 Å². The number of amides is 3. The Morgan fingerprint density at radius 1 is 1.20 bits per heavy atom. The molecule has 0 bridgehead atoms. The Labute approximate surface area is 141 Å². The van der Waals surface area contributed by atoms with E-state index in [0.29, 0.717) is 10.7 Å². The molecule has 11 nitrogen and oxygen atoms in total. The Balaban J connectivity index is 1.92. The van der Waals surface area contributed by atoms with Crippen LogP contribution in [0.3, 0.4) is 0 Å². The Morgan fingerprint density at radius 3 is 2.36 bits per heavy atom. The van der Waals surface area contributed by atoms with Crippen molar-refractivity contribution in [3.8, 4) is 5.69 Å². The van der Waals surface area contributed by atoms with E-state index in [-0.39, 0.29) is 16.3 Å². The molecule has 1 fully saturated rings. The summed E-state index contributed by atoms with van der Waals surface area (Å²) in [7, 11) is -3.84. The third kappa shape index (κ3) is 2.95. The van der Waals surface area contributed by atoms with E-state index < -0.39 is 34.2 Å². The summed E-state index contributed by atoms with van der Waals surface area (Å²) in [6.45, 7) is 0. The zero-order chi connectivity index (χ0) is 18.4. The van der Waals surface area contributed by atoms with E-state index in [4.69, 9.17) is 10.9 Å². The number of sulfonamides is 1. The lowest BCUT2D eigenvalue weighted by molar-refractivity contribution is -0.126. The molecule has 1 aromatic heterocycles. The fourth-order valence-electron chi connectivity index (χ4n) is 2.23. The Bertz CT molecular complexity index is 994. The van der Waals surface area contributed by atoms with Crippen molar-refractivity contribution in [1.82, 2.24) is 20.2 Å². The van der Waals surface area contributed by atoms with Crippen molar-refractivity contribution >= 4 is 33.6 Å². The second-order valence-corrected chi connectivity index (χ2v) is 6.70. The Kier molecular flexibility index (Phi) is 3.77. The number of rotatable bonds is 3. The summed E-state index contributed by atoms with van der Waals surface area (Å²) < 4.78 is 23.7. The maximum absolute atomic E-state index is 12.3. The lowest BCUT2D eigenvalue weighted by atomic mass is 10.3. The van der Waals surface area contributed by atoms with Crippen molar-refractivity contribution < 1.29 is 22.8 Å². The number of carbonyl (C=O) groups is 3. The monoisotopic (exact) mass is 364 g/mol. The molecular formula is C13H12N6O5S. The normalized spacial score (nSPS) is 14.7. The average Bonchev–Trinajstić information content (AvgIpc) is 3.08. The van der Waals surface area contributed by atoms with Crippen LogP contribution in [0.1, 0.15) is 16.8 Å². The predicted molar refractivity (Wildman–Crippen MR) is 83.3 cm³/mol. The van der Waals surface area contributed by atoms with Gasteiger partial charge in [-0.25, -0.2) is 18.2 Å². The summed E-state index contributed by atoms with van der Waals surface area (Å²) in [5, 5.41) is 9.55. The predicted octanol–water partition coefficient (Wildman–Crippen LogP) is -1.49. The molecule has 3 rings (SSSR count). The molecule has 0 atom stereocenters. The molecule has 5 N–H and O–H groups in total. The number of nitrogens with one attached hydrogen (secondary N) is 1. The number of anilines is 1. The molecule has 0 radical (unpaired) electrons. The molecule has 1 saturated heterocycles. The fourth-order valence-corrected chi connectivity index (χ4v) is 2.75. The van der Waals surface area contributed by atoms with Gasteiger partial charge in [0, 0.05) is 0 Å². The van der Waals surface area contributed by atoms with Crippen LogP contribution in [0.2, 0.25) is 0 Å². The van der Waals surface area contributed by atoms with Crippen LogP contribution >= 0.6 is 0 Å². The van der Waals surface area contributed by atoms with Crippen molar-refractivity contribution in [2.75, 3.05) is 5.73 Å². The maximum atomic E-state index is 12.3. The summed E-state index contributed by atoms with van der Waals surface area (Å²) in [5.74, 6) is -2.19. The van der Waals surface area contributed by atoms with Crippen LogP contribution in [0.25, 0.3) is 5.69 Å². The van der Waals surface area contributed by atoms with E-state index in [1.54, 1.807) is 0 Å². The first-order valence-corrected chi connectivity index (χ1v) is 8.36. The van der Waals surface area contributed by atoms with Crippen molar-refractivity contribution in [3.05, 3.63) is 36.0 Å². The van der Waals surface area contributed by atoms with Crippen LogP contribution in [-0.2, 0) is 19.6 Å². The van der Waals surface area contributed by atoms with E-state index in [0.717, 1.165) is 6.20 Å². The molecule has 1 aliphatic rings. The number of nitrogens with two attached hydrogens (primary N) is 2. The molecule has 1 aliphatic heterocycles. The quantitative estimate of drug-likeness (QED) is 0.439. The van der Waals surface area contributed by atoms with Gasteiger partial charge in [-0.3, -0.25) is 19.8 Å². The molecule has 0 spiro atoms. The zero-order valence-corrected chi connectivity index (χ0v) is 13.4. The molecule has 0 unspecified atom stereocenters. The van der Waals surface area contributed by atoms with E-state index in [1.165, 1.54) is 28.9 Å². The number of benzene rings is 1. The first-order valence-electron chi connectivity index (χ1n) is 6.82. The second kappa shape index (κ2) is 5.68. The number of hydrogen-bond acceptors (Lipinski definition) is 7. The smallest absolute Gasteiger partial charge is 0.284 e. The lowest BCUT2D eigenvalue weighted by Crippen LogP contribution is -2.41. The minimum atomic E-state index is -3.84. The van der Waals surface area contributed by atoms with Gasteiger partial charge < -0.3 is 5.73 Å². The first-order chi connectivity index (χ1) is 11.7. The minimum Gasteiger partial charge on any atom is -0.383 e. The van der Waals surface area contributed by atoms with Gasteiger partial charge in [-0.2, -0.15) is 10.1 Å². The van der Waals surface area contributed by atoms with E-state index >= 15 is 0 Å². The van der Waals surface area contributed by atoms with Crippen LogP contribution in [0, 0.1) is 0 Å².